The number of hydrogen-bond donors (Lipinski definition) is 1. The van der Waals surface area contributed by atoms with Gasteiger partial charge in [-0.25, -0.2) is 0 Å². The van der Waals surface area contributed by atoms with E-state index in [1.54, 1.807) is 12.4 Å². The molecule has 118 valence electrons. The number of rotatable bonds is 5. The topological polar surface area (TPSA) is 59.8 Å². The smallest absolute Gasteiger partial charge is 0.237 e. The van der Waals surface area contributed by atoms with Crippen molar-refractivity contribution in [2.24, 2.45) is 0 Å². The Bertz CT molecular complexity index is 671. The van der Waals surface area contributed by atoms with Gasteiger partial charge in [0.15, 0.2) is 5.16 Å². The molecule has 2 aromatic rings. The van der Waals surface area contributed by atoms with Crippen LogP contribution in [0, 0.1) is 6.92 Å². The molecule has 1 N–H and O–H groups in total. The van der Waals surface area contributed by atoms with Crippen LogP contribution in [0.25, 0.3) is 0 Å². The van der Waals surface area contributed by atoms with Crippen molar-refractivity contribution in [3.05, 3.63) is 35.1 Å². The molecule has 1 aromatic carbocycles. The van der Waals surface area contributed by atoms with Crippen molar-refractivity contribution in [1.29, 1.82) is 0 Å². The molecule has 0 saturated heterocycles. The zero-order chi connectivity index (χ0) is 16.3. The second-order valence-electron chi connectivity index (χ2n) is 5.28. The van der Waals surface area contributed by atoms with E-state index in [1.807, 2.05) is 44.4 Å². The highest BCUT2D eigenvalue weighted by Crippen LogP contribution is 2.26. The zero-order valence-corrected chi connectivity index (χ0v) is 14.6. The van der Waals surface area contributed by atoms with Crippen molar-refractivity contribution in [3.8, 4) is 0 Å². The van der Waals surface area contributed by atoms with E-state index in [4.69, 9.17) is 11.6 Å². The first kappa shape index (κ1) is 16.8. The average Bonchev–Trinajstić information content (AvgIpc) is 2.92. The molecule has 22 heavy (non-hydrogen) atoms. The maximum absolute atomic E-state index is 12.4. The second-order valence-corrected chi connectivity index (χ2v) is 6.99. The molecule has 0 radical (unpaired) electrons. The van der Waals surface area contributed by atoms with E-state index in [2.05, 4.69) is 15.5 Å². The van der Waals surface area contributed by atoms with Gasteiger partial charge in [0.25, 0.3) is 0 Å². The first-order valence-corrected chi connectivity index (χ1v) is 8.28. The number of nitrogens with zero attached hydrogens (tertiary/aromatic N) is 3. The van der Waals surface area contributed by atoms with Gasteiger partial charge in [0.05, 0.1) is 5.25 Å². The number of carbonyl (C=O) groups is 1. The van der Waals surface area contributed by atoms with Crippen LogP contribution >= 0.6 is 23.4 Å². The largest absolute Gasteiger partial charge is 0.325 e. The number of hydrogen-bond acceptors (Lipinski definition) is 4. The Morgan fingerprint density at radius 2 is 2.09 bits per heavy atom. The predicted molar refractivity (Wildman–Crippen MR) is 90.5 cm³/mol. The van der Waals surface area contributed by atoms with Crippen LogP contribution in [-0.2, 0) is 4.79 Å². The number of anilines is 1. The van der Waals surface area contributed by atoms with Crippen LogP contribution in [0.15, 0.2) is 29.7 Å². The summed E-state index contributed by atoms with van der Waals surface area (Å²) in [6, 6.07) is 5.71. The molecule has 1 heterocycles. The van der Waals surface area contributed by atoms with Crippen LogP contribution in [0.5, 0.6) is 0 Å². The normalized spacial score (nSPS) is 12.5. The average molecular weight is 339 g/mol. The number of aromatic nitrogens is 3. The number of carbonyl (C=O) groups excluding carboxylic acids is 1. The van der Waals surface area contributed by atoms with Gasteiger partial charge >= 0.3 is 0 Å². The van der Waals surface area contributed by atoms with E-state index < -0.39 is 0 Å². The minimum absolute atomic E-state index is 0.0892. The monoisotopic (exact) mass is 338 g/mol. The van der Waals surface area contributed by atoms with Gasteiger partial charge < -0.3 is 9.88 Å². The number of amides is 1. The summed E-state index contributed by atoms with van der Waals surface area (Å²) < 4.78 is 1.94. The number of thioether (sulfide) groups is 1. The summed E-state index contributed by atoms with van der Waals surface area (Å²) in [5.74, 6) is -0.0892. The lowest BCUT2D eigenvalue weighted by Gasteiger charge is -2.15. The van der Waals surface area contributed by atoms with Gasteiger partial charge in [-0.15, -0.1) is 10.2 Å². The molecule has 5 nitrogen and oxygen atoms in total. The van der Waals surface area contributed by atoms with Crippen LogP contribution in [0.2, 0.25) is 5.02 Å². The van der Waals surface area contributed by atoms with Crippen LogP contribution in [0.3, 0.4) is 0 Å². The molecule has 1 atom stereocenters. The third kappa shape index (κ3) is 3.81. The summed E-state index contributed by atoms with van der Waals surface area (Å²) in [5, 5.41) is 12.0. The van der Waals surface area contributed by atoms with E-state index in [9.17, 15) is 4.79 Å². The van der Waals surface area contributed by atoms with Crippen molar-refractivity contribution >= 4 is 35.0 Å². The van der Waals surface area contributed by atoms with Crippen LogP contribution in [0.4, 0.5) is 5.69 Å². The van der Waals surface area contributed by atoms with Gasteiger partial charge in [0.2, 0.25) is 5.91 Å². The molecule has 1 amide bonds. The summed E-state index contributed by atoms with van der Waals surface area (Å²) in [7, 11) is 0. The zero-order valence-electron chi connectivity index (χ0n) is 13.0. The maximum Gasteiger partial charge on any atom is 0.237 e. The Hall–Kier alpha value is -1.53. The second kappa shape index (κ2) is 7.15. The minimum Gasteiger partial charge on any atom is -0.325 e. The number of benzene rings is 1. The molecule has 0 spiro atoms. The van der Waals surface area contributed by atoms with E-state index >= 15 is 0 Å². The molecule has 2 rings (SSSR count). The predicted octanol–water partition coefficient (Wildman–Crippen LogP) is 3.94. The first-order valence-electron chi connectivity index (χ1n) is 7.02. The Balaban J connectivity index is 2.06. The third-order valence-electron chi connectivity index (χ3n) is 3.27. The van der Waals surface area contributed by atoms with Crippen molar-refractivity contribution in [2.75, 3.05) is 5.32 Å². The first-order chi connectivity index (χ1) is 10.4. The standard InChI is InChI=1S/C15H19ClN4OS/c1-9(2)20-8-17-19-15(20)22-11(4)14(21)18-13-7-5-6-12(16)10(13)3/h5-9,11H,1-4H3,(H,18,21)/t11-/m0/s1. The highest BCUT2D eigenvalue weighted by Gasteiger charge is 2.19. The molecule has 0 aliphatic heterocycles. The molecule has 0 bridgehead atoms. The van der Waals surface area contributed by atoms with Gasteiger partial charge in [0, 0.05) is 16.8 Å². The summed E-state index contributed by atoms with van der Waals surface area (Å²) in [6.07, 6.45) is 1.68. The van der Waals surface area contributed by atoms with Gasteiger partial charge in [-0.2, -0.15) is 0 Å². The molecule has 1 aromatic heterocycles. The summed E-state index contributed by atoms with van der Waals surface area (Å²) in [5.41, 5.74) is 1.59. The highest BCUT2D eigenvalue weighted by molar-refractivity contribution is 8.00. The third-order valence-corrected chi connectivity index (χ3v) is 4.75. The summed E-state index contributed by atoms with van der Waals surface area (Å²) in [6.45, 7) is 7.82. The van der Waals surface area contributed by atoms with Crippen LogP contribution in [0.1, 0.15) is 32.4 Å². The van der Waals surface area contributed by atoms with Gasteiger partial charge in [0.1, 0.15) is 6.33 Å². The van der Waals surface area contributed by atoms with Gasteiger partial charge in [-0.05, 0) is 45.4 Å². The van der Waals surface area contributed by atoms with Gasteiger partial charge in [-0.1, -0.05) is 29.4 Å². The maximum atomic E-state index is 12.4. The molecule has 7 heteroatoms. The van der Waals surface area contributed by atoms with Crippen molar-refractivity contribution < 1.29 is 4.79 Å². The highest BCUT2D eigenvalue weighted by atomic mass is 35.5. The fraction of sp³-hybridized carbons (Fsp3) is 0.400. The van der Waals surface area contributed by atoms with Crippen molar-refractivity contribution in [1.82, 2.24) is 14.8 Å². The van der Waals surface area contributed by atoms with Crippen molar-refractivity contribution in [3.63, 3.8) is 0 Å². The van der Waals surface area contributed by atoms with E-state index in [0.29, 0.717) is 5.02 Å². The van der Waals surface area contributed by atoms with E-state index in [-0.39, 0.29) is 17.2 Å². The molecule has 0 fully saturated rings. The molecule has 0 unspecified atom stereocenters. The summed E-state index contributed by atoms with van der Waals surface area (Å²) >= 11 is 7.46. The SMILES string of the molecule is Cc1c(Cl)cccc1NC(=O)[C@H](C)Sc1nncn1C(C)C. The van der Waals surface area contributed by atoms with Gasteiger partial charge in [-0.3, -0.25) is 4.79 Å². The Morgan fingerprint density at radius 1 is 1.36 bits per heavy atom. The Morgan fingerprint density at radius 3 is 2.77 bits per heavy atom. The van der Waals surface area contributed by atoms with Crippen molar-refractivity contribution in [2.45, 2.75) is 44.1 Å². The molecule has 0 aliphatic carbocycles. The Labute approximate surface area is 139 Å². The quantitative estimate of drug-likeness (QED) is 0.839. The van der Waals surface area contributed by atoms with Crippen LogP contribution in [-0.4, -0.2) is 25.9 Å². The fourth-order valence-corrected chi connectivity index (χ4v) is 2.99. The lowest BCUT2D eigenvalue weighted by Crippen LogP contribution is -2.23. The van der Waals surface area contributed by atoms with E-state index in [0.717, 1.165) is 16.4 Å². The van der Waals surface area contributed by atoms with E-state index in [1.165, 1.54) is 11.8 Å². The fourth-order valence-electron chi connectivity index (χ4n) is 1.86. The minimum atomic E-state index is -0.292. The molecular formula is C15H19ClN4OS. The molecular weight excluding hydrogens is 320 g/mol. The number of nitrogens with one attached hydrogen (secondary N) is 1. The Kier molecular flexibility index (Phi) is 5.47. The molecule has 0 saturated carbocycles. The summed E-state index contributed by atoms with van der Waals surface area (Å²) in [4.78, 5) is 12.4. The lowest BCUT2D eigenvalue weighted by atomic mass is 10.2. The molecule has 0 aliphatic rings. The number of halogens is 1. The lowest BCUT2D eigenvalue weighted by molar-refractivity contribution is -0.115. The van der Waals surface area contributed by atoms with Crippen LogP contribution < -0.4 is 5.32 Å².